The van der Waals surface area contributed by atoms with Gasteiger partial charge in [-0.25, -0.2) is 9.98 Å². The van der Waals surface area contributed by atoms with E-state index in [0.29, 0.717) is 41.7 Å². The molecule has 0 spiro atoms. The van der Waals surface area contributed by atoms with Gasteiger partial charge in [0.15, 0.2) is 23.6 Å². The molecule has 2 aromatic carbocycles. The normalized spacial score (nSPS) is 17.9. The van der Waals surface area contributed by atoms with Crippen LogP contribution in [0.25, 0.3) is 21.9 Å². The number of para-hydroxylation sites is 1. The van der Waals surface area contributed by atoms with E-state index in [4.69, 9.17) is 15.2 Å². The van der Waals surface area contributed by atoms with Crippen LogP contribution in [0.4, 0.5) is 5.95 Å². The van der Waals surface area contributed by atoms with E-state index in [-0.39, 0.29) is 11.5 Å². The number of nitrogens with two attached hydrogens (primary N) is 1. The minimum atomic E-state index is -0.663. The second kappa shape index (κ2) is 6.24. The Labute approximate surface area is 170 Å². The summed E-state index contributed by atoms with van der Waals surface area (Å²) in [6.07, 6.45) is 0.152. The van der Waals surface area contributed by atoms with E-state index >= 15 is 0 Å². The number of anilines is 1. The molecule has 9 nitrogen and oxygen atoms in total. The lowest BCUT2D eigenvalue weighted by molar-refractivity contribution is 0.297. The van der Waals surface area contributed by atoms with Gasteiger partial charge in [0, 0.05) is 24.1 Å². The average molecular weight is 402 g/mol. The first-order chi connectivity index (χ1) is 14.7. The van der Waals surface area contributed by atoms with Crippen LogP contribution in [0.1, 0.15) is 18.2 Å². The SMILES string of the molecule is NC1=NC(c2cc3ccccc3[nH]c2=O)n2c(nc3cc4c(cc32)OCCCO4)N1. The van der Waals surface area contributed by atoms with Crippen LogP contribution < -0.4 is 26.1 Å². The Morgan fingerprint density at radius 2 is 1.90 bits per heavy atom. The highest BCUT2D eigenvalue weighted by molar-refractivity contribution is 5.95. The molecule has 0 saturated heterocycles. The Bertz CT molecular complexity index is 1400. The average Bonchev–Trinajstić information content (AvgIpc) is 2.92. The quantitative estimate of drug-likeness (QED) is 0.450. The number of H-pyrrole nitrogens is 1. The number of nitrogens with zero attached hydrogens (tertiary/aromatic N) is 3. The number of hydrogen-bond donors (Lipinski definition) is 3. The molecule has 4 aromatic rings. The molecular weight excluding hydrogens is 384 g/mol. The van der Waals surface area contributed by atoms with Gasteiger partial charge < -0.3 is 20.2 Å². The Kier molecular flexibility index (Phi) is 3.52. The first-order valence-corrected chi connectivity index (χ1v) is 9.71. The van der Waals surface area contributed by atoms with E-state index in [9.17, 15) is 4.79 Å². The fourth-order valence-electron chi connectivity index (χ4n) is 3.99. The maximum Gasteiger partial charge on any atom is 0.255 e. The third-order valence-corrected chi connectivity index (χ3v) is 5.36. The van der Waals surface area contributed by atoms with Crippen molar-refractivity contribution in [3.8, 4) is 11.5 Å². The molecule has 6 rings (SSSR count). The highest BCUT2D eigenvalue weighted by Crippen LogP contribution is 2.38. The zero-order valence-corrected chi connectivity index (χ0v) is 15.9. The standard InChI is InChI=1S/C21H18N6O3/c22-20-25-18(12-8-11-4-1-2-5-13(11)23-19(12)28)27-15-10-17-16(29-6-3-7-30-17)9-14(15)24-21(27)26-20/h1-2,4-5,8-10,18H,3,6-7H2,(H,23,28)(H3,22,24,25,26). The fraction of sp³-hybridized carbons (Fsp3) is 0.190. The van der Waals surface area contributed by atoms with Crippen molar-refractivity contribution >= 4 is 33.8 Å². The molecule has 1 unspecified atom stereocenters. The third kappa shape index (κ3) is 2.52. The maximum absolute atomic E-state index is 12.9. The monoisotopic (exact) mass is 402 g/mol. The van der Waals surface area contributed by atoms with Crippen LogP contribution in [-0.2, 0) is 0 Å². The number of guanidine groups is 1. The van der Waals surface area contributed by atoms with Crippen molar-refractivity contribution in [2.45, 2.75) is 12.6 Å². The van der Waals surface area contributed by atoms with E-state index in [1.165, 1.54) is 0 Å². The van der Waals surface area contributed by atoms with Crippen molar-refractivity contribution in [2.75, 3.05) is 18.5 Å². The predicted octanol–water partition coefficient (Wildman–Crippen LogP) is 2.33. The van der Waals surface area contributed by atoms with Crippen LogP contribution >= 0.6 is 0 Å². The van der Waals surface area contributed by atoms with Gasteiger partial charge in [0.05, 0.1) is 29.8 Å². The number of hydrogen-bond acceptors (Lipinski definition) is 7. The number of aliphatic imine (C=N–C) groups is 1. The summed E-state index contributed by atoms with van der Waals surface area (Å²) < 4.78 is 13.5. The van der Waals surface area contributed by atoms with Gasteiger partial charge in [-0.3, -0.25) is 14.7 Å². The lowest BCUT2D eigenvalue weighted by Gasteiger charge is -2.23. The van der Waals surface area contributed by atoms with Crippen molar-refractivity contribution in [3.63, 3.8) is 0 Å². The Hall–Kier alpha value is -4.01. The van der Waals surface area contributed by atoms with Crippen molar-refractivity contribution in [1.82, 2.24) is 14.5 Å². The Balaban J connectivity index is 1.59. The number of benzene rings is 2. The number of aromatic amines is 1. The minimum absolute atomic E-state index is 0.199. The van der Waals surface area contributed by atoms with Crippen LogP contribution in [-0.4, -0.2) is 33.7 Å². The molecule has 4 N–H and O–H groups in total. The Morgan fingerprint density at radius 1 is 1.10 bits per heavy atom. The molecule has 2 aliphatic heterocycles. The summed E-state index contributed by atoms with van der Waals surface area (Å²) >= 11 is 0. The molecule has 0 saturated carbocycles. The predicted molar refractivity (Wildman–Crippen MR) is 113 cm³/mol. The van der Waals surface area contributed by atoms with Gasteiger partial charge in [0.2, 0.25) is 5.95 Å². The molecule has 0 aliphatic carbocycles. The third-order valence-electron chi connectivity index (χ3n) is 5.36. The zero-order valence-electron chi connectivity index (χ0n) is 15.9. The summed E-state index contributed by atoms with van der Waals surface area (Å²) in [5.41, 5.74) is 8.53. The minimum Gasteiger partial charge on any atom is -0.489 e. The number of fused-ring (bicyclic) bond motifs is 5. The molecule has 9 heteroatoms. The zero-order chi connectivity index (χ0) is 20.2. The van der Waals surface area contributed by atoms with Gasteiger partial charge in [-0.05, 0) is 17.5 Å². The topological polar surface area (TPSA) is 120 Å². The number of pyridine rings is 1. The molecule has 0 radical (unpaired) electrons. The highest BCUT2D eigenvalue weighted by Gasteiger charge is 2.28. The van der Waals surface area contributed by atoms with Crippen molar-refractivity contribution in [2.24, 2.45) is 10.7 Å². The summed E-state index contributed by atoms with van der Waals surface area (Å²) in [7, 11) is 0. The van der Waals surface area contributed by atoms with Gasteiger partial charge in [-0.2, -0.15) is 0 Å². The number of ether oxygens (including phenoxy) is 2. The largest absolute Gasteiger partial charge is 0.489 e. The van der Waals surface area contributed by atoms with Crippen LogP contribution in [0.5, 0.6) is 11.5 Å². The second-order valence-electron chi connectivity index (χ2n) is 7.30. The first kappa shape index (κ1) is 16.9. The molecule has 0 amide bonds. The molecule has 0 fully saturated rings. The van der Waals surface area contributed by atoms with E-state index in [1.807, 2.05) is 47.0 Å². The Morgan fingerprint density at radius 3 is 2.77 bits per heavy atom. The molecule has 0 bridgehead atoms. The van der Waals surface area contributed by atoms with E-state index in [2.05, 4.69) is 20.3 Å². The van der Waals surface area contributed by atoms with Gasteiger partial charge in [0.1, 0.15) is 0 Å². The van der Waals surface area contributed by atoms with Crippen LogP contribution in [0.15, 0.2) is 52.3 Å². The number of aromatic nitrogens is 3. The molecule has 1 atom stereocenters. The summed E-state index contributed by atoms with van der Waals surface area (Å²) in [4.78, 5) is 25.0. The number of nitrogens with one attached hydrogen (secondary N) is 2. The fourth-order valence-corrected chi connectivity index (χ4v) is 3.99. The van der Waals surface area contributed by atoms with Gasteiger partial charge in [0.25, 0.3) is 5.56 Å². The van der Waals surface area contributed by atoms with Crippen molar-refractivity contribution in [3.05, 3.63) is 58.4 Å². The molecule has 30 heavy (non-hydrogen) atoms. The lowest BCUT2D eigenvalue weighted by atomic mass is 10.1. The molecule has 150 valence electrons. The number of imidazole rings is 1. The second-order valence-corrected chi connectivity index (χ2v) is 7.30. The smallest absolute Gasteiger partial charge is 0.255 e. The lowest BCUT2D eigenvalue weighted by Crippen LogP contribution is -2.33. The van der Waals surface area contributed by atoms with Gasteiger partial charge >= 0.3 is 0 Å². The van der Waals surface area contributed by atoms with Gasteiger partial charge in [-0.15, -0.1) is 0 Å². The first-order valence-electron chi connectivity index (χ1n) is 9.71. The van der Waals surface area contributed by atoms with E-state index in [1.54, 1.807) is 0 Å². The summed E-state index contributed by atoms with van der Waals surface area (Å²) in [5.74, 6) is 2.01. The van der Waals surface area contributed by atoms with Crippen LogP contribution in [0.2, 0.25) is 0 Å². The van der Waals surface area contributed by atoms with E-state index in [0.717, 1.165) is 22.8 Å². The molecule has 2 aliphatic rings. The maximum atomic E-state index is 12.9. The molecule has 2 aromatic heterocycles. The van der Waals surface area contributed by atoms with Crippen LogP contribution in [0.3, 0.4) is 0 Å². The molecule has 4 heterocycles. The van der Waals surface area contributed by atoms with E-state index < -0.39 is 6.17 Å². The van der Waals surface area contributed by atoms with Crippen molar-refractivity contribution in [1.29, 1.82) is 0 Å². The van der Waals surface area contributed by atoms with Gasteiger partial charge in [-0.1, -0.05) is 18.2 Å². The summed E-state index contributed by atoms with van der Waals surface area (Å²) in [6, 6.07) is 13.2. The van der Waals surface area contributed by atoms with Crippen LogP contribution in [0, 0.1) is 0 Å². The molecular formula is C21H18N6O3. The number of rotatable bonds is 1. The summed E-state index contributed by atoms with van der Waals surface area (Å²) in [6.45, 7) is 1.17. The van der Waals surface area contributed by atoms with Crippen molar-refractivity contribution < 1.29 is 9.47 Å². The highest BCUT2D eigenvalue weighted by atomic mass is 16.5. The summed E-state index contributed by atoms with van der Waals surface area (Å²) in [5, 5.41) is 3.91.